The minimum Gasteiger partial charge on any atom is -0.480 e. The zero-order valence-corrected chi connectivity index (χ0v) is 7.66. The fraction of sp³-hybridized carbons (Fsp3) is 0.500. The van der Waals surface area contributed by atoms with E-state index in [0.29, 0.717) is 6.61 Å². The standard InChI is InChI=1S/C6H10O2.C2H5NO2/c1-3-5-8-6(7)4-2;3-1-2(4)5/h4H,2-3,5H2,1H3;1,3H2,(H,4,5). The van der Waals surface area contributed by atoms with Crippen molar-refractivity contribution < 1.29 is 19.4 Å². The molecule has 0 saturated carbocycles. The van der Waals surface area contributed by atoms with Crippen molar-refractivity contribution in [1.29, 1.82) is 0 Å². The Labute approximate surface area is 77.2 Å². The molecule has 0 bridgehead atoms. The van der Waals surface area contributed by atoms with Crippen molar-refractivity contribution in [3.63, 3.8) is 0 Å². The van der Waals surface area contributed by atoms with Crippen LogP contribution in [0.1, 0.15) is 13.3 Å². The molecule has 13 heavy (non-hydrogen) atoms. The third-order valence-corrected chi connectivity index (χ3v) is 0.790. The highest BCUT2D eigenvalue weighted by Crippen LogP contribution is 1.81. The Balaban J connectivity index is 0. The fourth-order valence-electron chi connectivity index (χ4n) is 0.262. The highest BCUT2D eigenvalue weighted by Gasteiger charge is 1.89. The molecule has 0 aromatic heterocycles. The first-order valence-corrected chi connectivity index (χ1v) is 3.79. The number of carboxylic acids is 1. The van der Waals surface area contributed by atoms with Gasteiger partial charge in [0.15, 0.2) is 0 Å². The Kier molecular flexibility index (Phi) is 11.6. The second kappa shape index (κ2) is 10.6. The number of hydrogen-bond donors (Lipinski definition) is 2. The summed E-state index contributed by atoms with van der Waals surface area (Å²) in [5.41, 5.74) is 4.57. The first-order chi connectivity index (χ1) is 6.08. The Morgan fingerprint density at radius 1 is 1.62 bits per heavy atom. The number of rotatable bonds is 4. The van der Waals surface area contributed by atoms with E-state index in [1.165, 1.54) is 0 Å². The molecule has 0 aliphatic heterocycles. The minimum absolute atomic E-state index is 0.278. The van der Waals surface area contributed by atoms with Crippen LogP contribution in [0.4, 0.5) is 0 Å². The lowest BCUT2D eigenvalue weighted by Gasteiger charge is -1.94. The summed E-state index contributed by atoms with van der Waals surface area (Å²) in [6, 6.07) is 0. The normalized spacial score (nSPS) is 7.85. The van der Waals surface area contributed by atoms with Crippen LogP contribution in [0.25, 0.3) is 0 Å². The van der Waals surface area contributed by atoms with Gasteiger partial charge in [0.05, 0.1) is 13.2 Å². The number of hydrogen-bond acceptors (Lipinski definition) is 4. The van der Waals surface area contributed by atoms with Gasteiger partial charge in [-0.25, -0.2) is 4.79 Å². The van der Waals surface area contributed by atoms with E-state index in [9.17, 15) is 9.59 Å². The Morgan fingerprint density at radius 3 is 2.31 bits per heavy atom. The highest BCUT2D eigenvalue weighted by molar-refractivity contribution is 5.81. The van der Waals surface area contributed by atoms with Gasteiger partial charge in [0.2, 0.25) is 0 Å². The quantitative estimate of drug-likeness (QED) is 0.485. The van der Waals surface area contributed by atoms with Crippen molar-refractivity contribution in [2.45, 2.75) is 13.3 Å². The number of esters is 1. The predicted octanol–water partition coefficient (Wildman–Crippen LogP) is 0.155. The molecule has 3 N–H and O–H groups in total. The summed E-state index contributed by atoms with van der Waals surface area (Å²) in [5, 5.41) is 7.60. The molecule has 0 aromatic rings. The van der Waals surface area contributed by atoms with Crippen molar-refractivity contribution in [2.24, 2.45) is 5.73 Å². The van der Waals surface area contributed by atoms with E-state index in [0.717, 1.165) is 12.5 Å². The van der Waals surface area contributed by atoms with Gasteiger partial charge in [-0.05, 0) is 6.42 Å². The van der Waals surface area contributed by atoms with Crippen LogP contribution >= 0.6 is 0 Å². The topological polar surface area (TPSA) is 89.6 Å². The molecule has 0 unspecified atom stereocenters. The molecule has 0 radical (unpaired) electrons. The van der Waals surface area contributed by atoms with Gasteiger partial charge in [0, 0.05) is 6.08 Å². The van der Waals surface area contributed by atoms with Gasteiger partial charge < -0.3 is 15.6 Å². The summed E-state index contributed by atoms with van der Waals surface area (Å²) in [6.45, 7) is 5.39. The second-order valence-corrected chi connectivity index (χ2v) is 1.97. The molecule has 0 aliphatic rings. The van der Waals surface area contributed by atoms with E-state index in [4.69, 9.17) is 5.11 Å². The van der Waals surface area contributed by atoms with Crippen LogP contribution in [0.2, 0.25) is 0 Å². The first kappa shape index (κ1) is 14.2. The Morgan fingerprint density at radius 2 is 2.08 bits per heavy atom. The molecule has 0 amide bonds. The fourth-order valence-corrected chi connectivity index (χ4v) is 0.262. The maximum Gasteiger partial charge on any atom is 0.330 e. The van der Waals surface area contributed by atoms with Crippen LogP contribution in [0.5, 0.6) is 0 Å². The van der Waals surface area contributed by atoms with Crippen LogP contribution in [-0.4, -0.2) is 30.2 Å². The lowest BCUT2D eigenvalue weighted by atomic mass is 10.5. The Hall–Kier alpha value is -1.36. The van der Waals surface area contributed by atoms with Gasteiger partial charge in [0.1, 0.15) is 0 Å². The predicted molar refractivity (Wildman–Crippen MR) is 48.1 cm³/mol. The van der Waals surface area contributed by atoms with E-state index in [1.54, 1.807) is 0 Å². The molecule has 0 atom stereocenters. The average molecular weight is 189 g/mol. The highest BCUT2D eigenvalue weighted by atomic mass is 16.5. The monoisotopic (exact) mass is 189 g/mol. The molecule has 0 rings (SSSR count). The van der Waals surface area contributed by atoms with Gasteiger partial charge in [-0.3, -0.25) is 4.79 Å². The van der Waals surface area contributed by atoms with Gasteiger partial charge in [-0.2, -0.15) is 0 Å². The van der Waals surface area contributed by atoms with E-state index in [2.05, 4.69) is 17.0 Å². The summed E-state index contributed by atoms with van der Waals surface area (Å²) in [4.78, 5) is 19.5. The number of carboxylic acid groups (broad SMARTS) is 1. The molecule has 0 heterocycles. The second-order valence-electron chi connectivity index (χ2n) is 1.97. The third-order valence-electron chi connectivity index (χ3n) is 0.790. The van der Waals surface area contributed by atoms with Crippen LogP contribution in [-0.2, 0) is 14.3 Å². The van der Waals surface area contributed by atoms with E-state index < -0.39 is 5.97 Å². The molecule has 0 spiro atoms. The van der Waals surface area contributed by atoms with Crippen molar-refractivity contribution in [1.82, 2.24) is 0 Å². The maximum atomic E-state index is 10.2. The summed E-state index contributed by atoms with van der Waals surface area (Å²) in [6.07, 6.45) is 2.02. The summed E-state index contributed by atoms with van der Waals surface area (Å²) < 4.78 is 4.58. The number of nitrogens with two attached hydrogens (primary N) is 1. The molecule has 5 nitrogen and oxygen atoms in total. The van der Waals surface area contributed by atoms with Gasteiger partial charge in [-0.1, -0.05) is 13.5 Å². The van der Waals surface area contributed by atoms with E-state index in [1.807, 2.05) is 6.92 Å². The van der Waals surface area contributed by atoms with Crippen molar-refractivity contribution in [2.75, 3.05) is 13.2 Å². The van der Waals surface area contributed by atoms with Crippen LogP contribution in [0.3, 0.4) is 0 Å². The lowest BCUT2D eigenvalue weighted by Crippen LogP contribution is -2.10. The molecule has 76 valence electrons. The summed E-state index contributed by atoms with van der Waals surface area (Å²) in [7, 11) is 0. The van der Waals surface area contributed by atoms with E-state index >= 15 is 0 Å². The number of aliphatic carboxylic acids is 1. The van der Waals surface area contributed by atoms with E-state index in [-0.39, 0.29) is 12.5 Å². The first-order valence-electron chi connectivity index (χ1n) is 3.79. The molecule has 0 aliphatic carbocycles. The number of ether oxygens (including phenoxy) is 1. The smallest absolute Gasteiger partial charge is 0.330 e. The molecule has 0 fully saturated rings. The Bertz CT molecular complexity index is 168. The maximum absolute atomic E-state index is 10.2. The molecule has 5 heteroatoms. The van der Waals surface area contributed by atoms with Gasteiger partial charge in [0.25, 0.3) is 0 Å². The molecule has 0 aromatic carbocycles. The average Bonchev–Trinajstić information content (AvgIpc) is 2.15. The van der Waals surface area contributed by atoms with Crippen molar-refractivity contribution >= 4 is 11.9 Å². The van der Waals surface area contributed by atoms with Gasteiger partial charge in [-0.15, -0.1) is 0 Å². The van der Waals surface area contributed by atoms with Crippen LogP contribution < -0.4 is 5.73 Å². The SMILES string of the molecule is C=CC(=O)OCCC.NCC(=O)O. The molecular weight excluding hydrogens is 174 g/mol. The van der Waals surface area contributed by atoms with Crippen molar-refractivity contribution in [3.8, 4) is 0 Å². The number of carbonyl (C=O) groups is 2. The number of carbonyl (C=O) groups excluding carboxylic acids is 1. The van der Waals surface area contributed by atoms with Crippen LogP contribution in [0.15, 0.2) is 12.7 Å². The zero-order valence-electron chi connectivity index (χ0n) is 7.66. The zero-order chi connectivity index (χ0) is 10.7. The van der Waals surface area contributed by atoms with Gasteiger partial charge >= 0.3 is 11.9 Å². The summed E-state index contributed by atoms with van der Waals surface area (Å²) in [5.74, 6) is -1.31. The summed E-state index contributed by atoms with van der Waals surface area (Å²) >= 11 is 0. The lowest BCUT2D eigenvalue weighted by molar-refractivity contribution is -0.138. The molecule has 0 saturated heterocycles. The molecular formula is C8H15NO4. The minimum atomic E-state index is -0.968. The third kappa shape index (κ3) is 18.0. The van der Waals surface area contributed by atoms with Crippen molar-refractivity contribution in [3.05, 3.63) is 12.7 Å². The van der Waals surface area contributed by atoms with Crippen LogP contribution in [0, 0.1) is 0 Å². The largest absolute Gasteiger partial charge is 0.480 e.